The predicted octanol–water partition coefficient (Wildman–Crippen LogP) is -1.49. The zero-order chi connectivity index (χ0) is 8.97. The van der Waals surface area contributed by atoms with Gasteiger partial charge < -0.3 is 19.9 Å². The molecule has 1 fully saturated rings. The van der Waals surface area contributed by atoms with E-state index in [-0.39, 0.29) is 12.1 Å². The molecule has 1 aliphatic rings. The third-order valence-corrected chi connectivity index (χ3v) is 1.82. The van der Waals surface area contributed by atoms with Crippen LogP contribution in [0.25, 0.3) is 0 Å². The average Bonchev–Trinajstić information content (AvgIpc) is 2.51. The van der Waals surface area contributed by atoms with Crippen LogP contribution in [0, 0.1) is 0 Å². The van der Waals surface area contributed by atoms with Gasteiger partial charge in [-0.1, -0.05) is 0 Å². The second-order valence-electron chi connectivity index (χ2n) is 2.64. The van der Waals surface area contributed by atoms with Crippen LogP contribution in [0.3, 0.4) is 0 Å². The Balaban J connectivity index is 2.35. The summed E-state index contributed by atoms with van der Waals surface area (Å²) in [5.74, 6) is -0.396. The summed E-state index contributed by atoms with van der Waals surface area (Å²) in [6.45, 7) is 0.448. The molecule has 0 unspecified atom stereocenters. The molecule has 1 heterocycles. The summed E-state index contributed by atoms with van der Waals surface area (Å²) in [7, 11) is 1.57. The molecule has 0 aromatic rings. The lowest BCUT2D eigenvalue weighted by molar-refractivity contribution is -0.125. The Hall–Kier alpha value is -0.650. The summed E-state index contributed by atoms with van der Waals surface area (Å²) < 4.78 is 10.1. The topological polar surface area (TPSA) is 67.8 Å². The highest BCUT2D eigenvalue weighted by Gasteiger charge is 2.28. The molecular formula is C7H13NO4. The van der Waals surface area contributed by atoms with E-state index in [1.807, 2.05) is 0 Å². The second kappa shape index (κ2) is 4.39. The van der Waals surface area contributed by atoms with E-state index in [1.165, 1.54) is 0 Å². The molecule has 2 atom stereocenters. The summed E-state index contributed by atoms with van der Waals surface area (Å²) in [6.07, 6.45) is -0.0968. The van der Waals surface area contributed by atoms with Gasteiger partial charge in [0.25, 0.3) is 0 Å². The molecule has 1 rings (SSSR count). The number of rotatable bonds is 3. The number of ether oxygens (including phenoxy) is 2. The molecule has 0 bridgehead atoms. The number of aliphatic hydroxyl groups excluding tert-OH is 1. The molecule has 0 aromatic heterocycles. The first-order chi connectivity index (χ1) is 5.77. The Morgan fingerprint density at radius 1 is 1.75 bits per heavy atom. The van der Waals surface area contributed by atoms with Crippen molar-refractivity contribution < 1.29 is 19.4 Å². The molecule has 5 heteroatoms. The summed E-state index contributed by atoms with van der Waals surface area (Å²) in [6, 6.07) is -0.130. The first-order valence-corrected chi connectivity index (χ1v) is 3.78. The van der Waals surface area contributed by atoms with Crippen LogP contribution in [0.4, 0.5) is 0 Å². The number of amides is 1. The number of methoxy groups -OCH3 is 1. The van der Waals surface area contributed by atoms with Crippen LogP contribution < -0.4 is 5.32 Å². The molecule has 0 radical (unpaired) electrons. The quantitative estimate of drug-likeness (QED) is 0.548. The molecule has 12 heavy (non-hydrogen) atoms. The SMILES string of the molecule is CO[C@H]1COC[C@@H]1NC(=O)CO. The van der Waals surface area contributed by atoms with Crippen LogP contribution in [-0.2, 0) is 14.3 Å². The molecule has 0 spiro atoms. The van der Waals surface area contributed by atoms with Crippen molar-refractivity contribution in [2.45, 2.75) is 12.1 Å². The van der Waals surface area contributed by atoms with Gasteiger partial charge in [-0.15, -0.1) is 0 Å². The first-order valence-electron chi connectivity index (χ1n) is 3.78. The number of nitrogens with one attached hydrogen (secondary N) is 1. The second-order valence-corrected chi connectivity index (χ2v) is 2.64. The molecule has 0 aliphatic carbocycles. The van der Waals surface area contributed by atoms with Gasteiger partial charge in [0, 0.05) is 7.11 Å². The van der Waals surface area contributed by atoms with E-state index >= 15 is 0 Å². The monoisotopic (exact) mass is 175 g/mol. The Bertz CT molecular complexity index is 161. The van der Waals surface area contributed by atoms with Crippen LogP contribution in [0.2, 0.25) is 0 Å². The van der Waals surface area contributed by atoms with Crippen LogP contribution >= 0.6 is 0 Å². The van der Waals surface area contributed by atoms with Crippen LogP contribution in [0.5, 0.6) is 0 Å². The molecule has 1 amide bonds. The fraction of sp³-hybridized carbons (Fsp3) is 0.857. The van der Waals surface area contributed by atoms with Gasteiger partial charge in [0.1, 0.15) is 12.7 Å². The molecule has 70 valence electrons. The lowest BCUT2D eigenvalue weighted by Gasteiger charge is -2.16. The molecule has 5 nitrogen and oxygen atoms in total. The largest absolute Gasteiger partial charge is 0.387 e. The normalized spacial score (nSPS) is 28.8. The number of aliphatic hydroxyl groups is 1. The molecule has 1 aliphatic heterocycles. The van der Waals surface area contributed by atoms with Crippen molar-refractivity contribution in [2.75, 3.05) is 26.9 Å². The van der Waals surface area contributed by atoms with Crippen LogP contribution in [0.1, 0.15) is 0 Å². The van der Waals surface area contributed by atoms with Gasteiger partial charge >= 0.3 is 0 Å². The number of carbonyl (C=O) groups is 1. The molecule has 0 aromatic carbocycles. The fourth-order valence-electron chi connectivity index (χ4n) is 1.15. The Morgan fingerprint density at radius 3 is 3.08 bits per heavy atom. The maximum atomic E-state index is 10.8. The van der Waals surface area contributed by atoms with E-state index in [0.29, 0.717) is 13.2 Å². The predicted molar refractivity (Wildman–Crippen MR) is 40.6 cm³/mol. The molecule has 0 saturated carbocycles. The van der Waals surface area contributed by atoms with Crippen LogP contribution in [-0.4, -0.2) is 50.1 Å². The van der Waals surface area contributed by atoms with E-state index < -0.39 is 12.5 Å². The van der Waals surface area contributed by atoms with Crippen molar-refractivity contribution in [2.24, 2.45) is 0 Å². The highest BCUT2D eigenvalue weighted by Crippen LogP contribution is 2.08. The van der Waals surface area contributed by atoms with Gasteiger partial charge in [0.15, 0.2) is 0 Å². The maximum absolute atomic E-state index is 10.8. The smallest absolute Gasteiger partial charge is 0.246 e. The number of hydrogen-bond donors (Lipinski definition) is 2. The number of hydrogen-bond acceptors (Lipinski definition) is 4. The zero-order valence-corrected chi connectivity index (χ0v) is 6.95. The standard InChI is InChI=1S/C7H13NO4/c1-11-6-4-12-3-5(6)8-7(10)2-9/h5-6,9H,2-4H2,1H3,(H,8,10)/t5-,6-/m0/s1. The minimum absolute atomic E-state index is 0.0968. The van der Waals surface area contributed by atoms with Crippen molar-refractivity contribution >= 4 is 5.91 Å². The van der Waals surface area contributed by atoms with E-state index in [2.05, 4.69) is 5.32 Å². The first kappa shape index (κ1) is 9.44. The van der Waals surface area contributed by atoms with Crippen molar-refractivity contribution in [1.29, 1.82) is 0 Å². The minimum Gasteiger partial charge on any atom is -0.387 e. The molecule has 1 saturated heterocycles. The van der Waals surface area contributed by atoms with Gasteiger partial charge in [-0.3, -0.25) is 4.79 Å². The Labute approximate surface area is 70.7 Å². The van der Waals surface area contributed by atoms with E-state index in [1.54, 1.807) is 7.11 Å². The summed E-state index contributed by atoms with van der Waals surface area (Å²) >= 11 is 0. The van der Waals surface area contributed by atoms with Crippen molar-refractivity contribution in [3.8, 4) is 0 Å². The van der Waals surface area contributed by atoms with Crippen molar-refractivity contribution in [3.63, 3.8) is 0 Å². The third kappa shape index (κ3) is 2.17. The summed E-state index contributed by atoms with van der Waals surface area (Å²) in [4.78, 5) is 10.8. The third-order valence-electron chi connectivity index (χ3n) is 1.82. The highest BCUT2D eigenvalue weighted by atomic mass is 16.5. The van der Waals surface area contributed by atoms with E-state index in [4.69, 9.17) is 14.6 Å². The average molecular weight is 175 g/mol. The zero-order valence-electron chi connectivity index (χ0n) is 6.95. The maximum Gasteiger partial charge on any atom is 0.246 e. The fourth-order valence-corrected chi connectivity index (χ4v) is 1.15. The number of carbonyl (C=O) groups excluding carboxylic acids is 1. The van der Waals surface area contributed by atoms with Gasteiger partial charge in [-0.05, 0) is 0 Å². The Morgan fingerprint density at radius 2 is 2.50 bits per heavy atom. The van der Waals surface area contributed by atoms with Crippen molar-refractivity contribution in [1.82, 2.24) is 5.32 Å². The molecule has 2 N–H and O–H groups in total. The Kier molecular flexibility index (Phi) is 3.46. The van der Waals surface area contributed by atoms with E-state index in [0.717, 1.165) is 0 Å². The van der Waals surface area contributed by atoms with E-state index in [9.17, 15) is 4.79 Å². The highest BCUT2D eigenvalue weighted by molar-refractivity contribution is 5.77. The van der Waals surface area contributed by atoms with Gasteiger partial charge in [-0.2, -0.15) is 0 Å². The lowest BCUT2D eigenvalue weighted by atomic mass is 10.2. The van der Waals surface area contributed by atoms with Gasteiger partial charge in [0.05, 0.1) is 19.3 Å². The summed E-state index contributed by atoms with van der Waals surface area (Å²) in [5, 5.41) is 11.1. The summed E-state index contributed by atoms with van der Waals surface area (Å²) in [5.41, 5.74) is 0. The van der Waals surface area contributed by atoms with Gasteiger partial charge in [0.2, 0.25) is 5.91 Å². The molecular weight excluding hydrogens is 162 g/mol. The van der Waals surface area contributed by atoms with Crippen LogP contribution in [0.15, 0.2) is 0 Å². The van der Waals surface area contributed by atoms with Gasteiger partial charge in [-0.25, -0.2) is 0 Å². The lowest BCUT2D eigenvalue weighted by Crippen LogP contribution is -2.44. The minimum atomic E-state index is -0.493. The van der Waals surface area contributed by atoms with Crippen molar-refractivity contribution in [3.05, 3.63) is 0 Å².